The summed E-state index contributed by atoms with van der Waals surface area (Å²) >= 11 is 3.18. The van der Waals surface area contributed by atoms with Gasteiger partial charge in [0.2, 0.25) is 0 Å². The molecule has 100 valence electrons. The van der Waals surface area contributed by atoms with Crippen LogP contribution in [-0.4, -0.2) is 6.04 Å². The summed E-state index contributed by atoms with van der Waals surface area (Å²) in [5.41, 5.74) is 1.02. The van der Waals surface area contributed by atoms with Crippen molar-refractivity contribution in [3.8, 4) is 0 Å². The Labute approximate surface area is 117 Å². The zero-order valence-electron chi connectivity index (χ0n) is 11.0. The molecule has 3 unspecified atom stereocenters. The van der Waals surface area contributed by atoms with E-state index in [1.165, 1.54) is 19.3 Å². The average molecular weight is 314 g/mol. The van der Waals surface area contributed by atoms with Gasteiger partial charge in [-0.05, 0) is 64.7 Å². The predicted molar refractivity (Wildman–Crippen MR) is 76.9 cm³/mol. The molecule has 3 heteroatoms. The first-order valence-corrected chi connectivity index (χ1v) is 7.53. The summed E-state index contributed by atoms with van der Waals surface area (Å²) in [6.07, 6.45) is 3.78. The Kier molecular flexibility index (Phi) is 4.79. The van der Waals surface area contributed by atoms with Gasteiger partial charge in [-0.15, -0.1) is 0 Å². The second kappa shape index (κ2) is 6.16. The number of benzene rings is 1. The van der Waals surface area contributed by atoms with Crippen LogP contribution in [0.3, 0.4) is 0 Å². The Hall–Kier alpha value is -0.410. The predicted octanol–water partition coefficient (Wildman–Crippen LogP) is 4.50. The van der Waals surface area contributed by atoms with E-state index >= 15 is 0 Å². The minimum absolute atomic E-state index is 0.181. The van der Waals surface area contributed by atoms with Gasteiger partial charge in [-0.3, -0.25) is 0 Å². The lowest BCUT2D eigenvalue weighted by Gasteiger charge is -2.32. The van der Waals surface area contributed by atoms with Crippen molar-refractivity contribution in [3.05, 3.63) is 34.1 Å². The van der Waals surface area contributed by atoms with Crippen LogP contribution in [0.4, 0.5) is 4.39 Å². The smallest absolute Gasteiger partial charge is 0.137 e. The quantitative estimate of drug-likeness (QED) is 0.866. The fourth-order valence-corrected chi connectivity index (χ4v) is 2.89. The van der Waals surface area contributed by atoms with E-state index < -0.39 is 0 Å². The van der Waals surface area contributed by atoms with Crippen LogP contribution in [0.25, 0.3) is 0 Å². The van der Waals surface area contributed by atoms with Crippen LogP contribution in [0.1, 0.15) is 38.7 Å². The van der Waals surface area contributed by atoms with Crippen molar-refractivity contribution in [2.24, 2.45) is 11.8 Å². The van der Waals surface area contributed by atoms with E-state index in [2.05, 4.69) is 35.1 Å². The second-order valence-electron chi connectivity index (χ2n) is 5.59. The zero-order chi connectivity index (χ0) is 13.1. The molecule has 2 rings (SSSR count). The Balaban J connectivity index is 1.86. The Morgan fingerprint density at radius 1 is 1.28 bits per heavy atom. The van der Waals surface area contributed by atoms with Crippen LogP contribution in [0, 0.1) is 17.7 Å². The highest BCUT2D eigenvalue weighted by molar-refractivity contribution is 9.10. The van der Waals surface area contributed by atoms with E-state index in [1.807, 2.05) is 6.07 Å². The minimum Gasteiger partial charge on any atom is -0.310 e. The van der Waals surface area contributed by atoms with Gasteiger partial charge in [-0.25, -0.2) is 4.39 Å². The Morgan fingerprint density at radius 3 is 2.72 bits per heavy atom. The van der Waals surface area contributed by atoms with E-state index in [9.17, 15) is 4.39 Å². The normalized spacial score (nSPS) is 28.3. The highest BCUT2D eigenvalue weighted by atomic mass is 79.9. The molecule has 1 fully saturated rings. The van der Waals surface area contributed by atoms with Gasteiger partial charge in [0.05, 0.1) is 4.47 Å². The third-order valence-corrected chi connectivity index (χ3v) is 4.82. The Bertz CT molecular complexity index is 407. The monoisotopic (exact) mass is 313 g/mol. The molecule has 3 atom stereocenters. The number of hydrogen-bond acceptors (Lipinski definition) is 1. The summed E-state index contributed by atoms with van der Waals surface area (Å²) in [5, 5.41) is 3.55. The molecule has 18 heavy (non-hydrogen) atoms. The zero-order valence-corrected chi connectivity index (χ0v) is 12.6. The van der Waals surface area contributed by atoms with Crippen LogP contribution in [0.15, 0.2) is 22.7 Å². The number of hydrogen-bond donors (Lipinski definition) is 1. The molecule has 1 aromatic rings. The highest BCUT2D eigenvalue weighted by Gasteiger charge is 2.23. The van der Waals surface area contributed by atoms with Crippen LogP contribution < -0.4 is 5.32 Å². The van der Waals surface area contributed by atoms with Gasteiger partial charge in [0.1, 0.15) is 5.82 Å². The summed E-state index contributed by atoms with van der Waals surface area (Å²) in [6, 6.07) is 5.93. The van der Waals surface area contributed by atoms with E-state index in [-0.39, 0.29) is 5.82 Å². The molecule has 0 amide bonds. The maximum absolute atomic E-state index is 13.4. The van der Waals surface area contributed by atoms with E-state index in [0.717, 1.165) is 23.9 Å². The van der Waals surface area contributed by atoms with Crippen LogP contribution in [0.2, 0.25) is 0 Å². The second-order valence-corrected chi connectivity index (χ2v) is 6.45. The summed E-state index contributed by atoms with van der Waals surface area (Å²) in [5.74, 6) is 1.45. The highest BCUT2D eigenvalue weighted by Crippen LogP contribution is 2.29. The van der Waals surface area contributed by atoms with Gasteiger partial charge < -0.3 is 5.32 Å². The molecule has 1 aliphatic carbocycles. The van der Waals surface area contributed by atoms with Crippen molar-refractivity contribution in [2.45, 2.75) is 45.7 Å². The van der Waals surface area contributed by atoms with Gasteiger partial charge in [-0.1, -0.05) is 19.9 Å². The molecule has 0 radical (unpaired) electrons. The average Bonchev–Trinajstić information content (AvgIpc) is 2.35. The van der Waals surface area contributed by atoms with E-state index in [1.54, 1.807) is 12.1 Å². The summed E-state index contributed by atoms with van der Waals surface area (Å²) < 4.78 is 13.9. The molecule has 0 spiro atoms. The van der Waals surface area contributed by atoms with E-state index in [0.29, 0.717) is 10.5 Å². The molecule has 1 N–H and O–H groups in total. The number of nitrogens with one attached hydrogen (secondary N) is 1. The molecule has 0 bridgehead atoms. The summed E-state index contributed by atoms with van der Waals surface area (Å²) in [6.45, 7) is 5.43. The van der Waals surface area contributed by atoms with Gasteiger partial charge in [0, 0.05) is 12.6 Å². The van der Waals surface area contributed by atoms with Crippen molar-refractivity contribution in [3.63, 3.8) is 0 Å². The largest absolute Gasteiger partial charge is 0.310 e. The summed E-state index contributed by atoms with van der Waals surface area (Å²) in [7, 11) is 0. The topological polar surface area (TPSA) is 12.0 Å². The molecule has 0 heterocycles. The minimum atomic E-state index is -0.181. The molecule has 1 saturated carbocycles. The third kappa shape index (κ3) is 3.55. The first kappa shape index (κ1) is 14.0. The molecule has 0 aromatic heterocycles. The lowest BCUT2D eigenvalue weighted by atomic mass is 9.79. The molecule has 0 aliphatic heterocycles. The van der Waals surface area contributed by atoms with Crippen molar-refractivity contribution in [2.75, 3.05) is 0 Å². The van der Waals surface area contributed by atoms with Gasteiger partial charge in [0.25, 0.3) is 0 Å². The lowest BCUT2D eigenvalue weighted by molar-refractivity contribution is 0.225. The van der Waals surface area contributed by atoms with Gasteiger partial charge in [0.15, 0.2) is 0 Å². The van der Waals surface area contributed by atoms with Gasteiger partial charge >= 0.3 is 0 Å². The van der Waals surface area contributed by atoms with Crippen LogP contribution >= 0.6 is 15.9 Å². The van der Waals surface area contributed by atoms with Crippen LogP contribution in [0.5, 0.6) is 0 Å². The van der Waals surface area contributed by atoms with Gasteiger partial charge in [-0.2, -0.15) is 0 Å². The summed E-state index contributed by atoms with van der Waals surface area (Å²) in [4.78, 5) is 0. The molecular weight excluding hydrogens is 293 g/mol. The maximum atomic E-state index is 13.4. The third-order valence-electron chi connectivity index (χ3n) is 4.18. The molecule has 1 aliphatic rings. The Morgan fingerprint density at radius 2 is 2.06 bits per heavy atom. The first-order chi connectivity index (χ1) is 8.56. The van der Waals surface area contributed by atoms with Crippen molar-refractivity contribution >= 4 is 15.9 Å². The fourth-order valence-electron chi connectivity index (χ4n) is 2.64. The molecule has 1 nitrogen and oxygen atoms in total. The SMILES string of the molecule is CC1CCC(NCc2ccc(Br)c(F)c2)CC1C. The molecular formula is C15H21BrFN. The molecule has 1 aromatic carbocycles. The number of halogens is 2. The molecule has 0 saturated heterocycles. The van der Waals surface area contributed by atoms with E-state index in [4.69, 9.17) is 0 Å². The van der Waals surface area contributed by atoms with Crippen molar-refractivity contribution in [1.29, 1.82) is 0 Å². The maximum Gasteiger partial charge on any atom is 0.137 e. The van der Waals surface area contributed by atoms with Crippen molar-refractivity contribution in [1.82, 2.24) is 5.32 Å². The van der Waals surface area contributed by atoms with Crippen LogP contribution in [-0.2, 0) is 6.54 Å². The van der Waals surface area contributed by atoms with Crippen molar-refractivity contribution < 1.29 is 4.39 Å². The number of rotatable bonds is 3. The lowest BCUT2D eigenvalue weighted by Crippen LogP contribution is -2.35. The first-order valence-electron chi connectivity index (χ1n) is 6.73. The fraction of sp³-hybridized carbons (Fsp3) is 0.600. The standard InChI is InChI=1S/C15H21BrFN/c1-10-3-5-13(7-11(10)2)18-9-12-4-6-14(16)15(17)8-12/h4,6,8,10-11,13,18H,3,5,7,9H2,1-2H3.